The van der Waals surface area contributed by atoms with Gasteiger partial charge in [-0.2, -0.15) is 0 Å². The second-order valence-electron chi connectivity index (χ2n) is 11.4. The zero-order valence-electron chi connectivity index (χ0n) is 23.2. The van der Waals surface area contributed by atoms with Crippen molar-refractivity contribution >= 4 is 45.2 Å². The molecule has 4 aliphatic heterocycles. The standard InChI is InChI=1S/C31H30BrFN3O7/c32-19-5-1-17(2-6-19)14-22(29(40)36-12-10-26-31(36,30(34)41)25(38)16-43-26)21(13-18-3-7-20(33)8-4-18)28(39)35-11-9-24-27(35)23(37)15-42-24/h1-8,22,24,26-27H,9-16H2,(H2,34,41). The van der Waals surface area contributed by atoms with E-state index >= 15 is 0 Å². The maximum absolute atomic E-state index is 14.7. The van der Waals surface area contributed by atoms with E-state index in [0.29, 0.717) is 12.0 Å². The number of benzene rings is 2. The van der Waals surface area contributed by atoms with Crippen LogP contribution in [0.15, 0.2) is 53.0 Å². The number of carbonyl (C=O) groups excluding carboxylic acids is 5. The highest BCUT2D eigenvalue weighted by Crippen LogP contribution is 2.41. The van der Waals surface area contributed by atoms with Crippen molar-refractivity contribution in [1.82, 2.24) is 9.80 Å². The van der Waals surface area contributed by atoms with Gasteiger partial charge in [-0.3, -0.25) is 24.0 Å². The zero-order chi connectivity index (χ0) is 30.5. The third-order valence-corrected chi connectivity index (χ3v) is 9.54. The Balaban J connectivity index is 1.43. The van der Waals surface area contributed by atoms with E-state index < -0.39 is 59.0 Å². The summed E-state index contributed by atoms with van der Waals surface area (Å²) in [5.74, 6) is -4.33. The molecule has 2 aromatic rings. The van der Waals surface area contributed by atoms with Crippen molar-refractivity contribution in [3.63, 3.8) is 0 Å². The lowest BCUT2D eigenvalue weighted by Gasteiger charge is -2.38. The van der Waals surface area contributed by atoms with Gasteiger partial charge in [0.25, 0.3) is 5.91 Å². The highest BCUT2D eigenvalue weighted by atomic mass is 79.9. The fourth-order valence-electron chi connectivity index (χ4n) is 6.92. The van der Waals surface area contributed by atoms with Crippen molar-refractivity contribution in [3.05, 3.63) is 75.9 Å². The lowest BCUT2D eigenvalue weighted by molar-refractivity contribution is -0.153. The van der Waals surface area contributed by atoms with Crippen LogP contribution in [0.5, 0.6) is 0 Å². The highest BCUT2D eigenvalue weighted by molar-refractivity contribution is 9.10. The molecule has 2 N–H and O–H groups in total. The van der Waals surface area contributed by atoms with Crippen LogP contribution in [0.1, 0.15) is 24.0 Å². The SMILES string of the molecule is NC(=O)C12C(=O)COC1CCN2C(=O)C(Cc1ccc(Br)cc1)[C](Cc1ccc(F)cc1)C(=O)N1CCC2OCC(=O)C21. The maximum Gasteiger partial charge on any atom is 0.254 e. The summed E-state index contributed by atoms with van der Waals surface area (Å²) in [5.41, 5.74) is 5.14. The molecule has 3 amide bonds. The molecule has 0 bridgehead atoms. The molecule has 43 heavy (non-hydrogen) atoms. The van der Waals surface area contributed by atoms with Crippen LogP contribution in [0, 0.1) is 17.7 Å². The molecule has 5 atom stereocenters. The van der Waals surface area contributed by atoms with Crippen LogP contribution in [0.25, 0.3) is 0 Å². The Hall–Kier alpha value is -3.48. The summed E-state index contributed by atoms with van der Waals surface area (Å²) in [5, 5.41) is 0. The number of primary amides is 1. The molecule has 0 aromatic heterocycles. The van der Waals surface area contributed by atoms with Crippen molar-refractivity contribution < 1.29 is 37.8 Å². The third kappa shape index (κ3) is 5.08. The number of halogens is 2. The zero-order valence-corrected chi connectivity index (χ0v) is 24.8. The molecule has 4 fully saturated rings. The first-order valence-electron chi connectivity index (χ1n) is 14.2. The smallest absolute Gasteiger partial charge is 0.254 e. The Morgan fingerprint density at radius 2 is 1.67 bits per heavy atom. The third-order valence-electron chi connectivity index (χ3n) is 9.02. The fraction of sp³-hybridized carbons (Fsp3) is 0.419. The summed E-state index contributed by atoms with van der Waals surface area (Å²) in [4.78, 5) is 70.6. The molecule has 4 saturated heterocycles. The Labute approximate surface area is 255 Å². The molecule has 5 unspecified atom stereocenters. The van der Waals surface area contributed by atoms with Gasteiger partial charge in [-0.1, -0.05) is 40.2 Å². The number of Topliss-reactive ketones (excluding diaryl/α,β-unsaturated/α-hetero) is 2. The van der Waals surface area contributed by atoms with Gasteiger partial charge in [-0.15, -0.1) is 0 Å². The molecular weight excluding hydrogens is 625 g/mol. The van der Waals surface area contributed by atoms with Crippen LogP contribution in [0.4, 0.5) is 4.39 Å². The summed E-state index contributed by atoms with van der Waals surface area (Å²) in [6.45, 7) is -0.145. The fourth-order valence-corrected chi connectivity index (χ4v) is 7.18. The molecule has 4 aliphatic rings. The number of carbonyl (C=O) groups is 5. The van der Waals surface area contributed by atoms with Crippen LogP contribution in [0.2, 0.25) is 0 Å². The molecule has 6 rings (SSSR count). The average molecular weight is 655 g/mol. The highest BCUT2D eigenvalue weighted by Gasteiger charge is 2.65. The number of hydrogen-bond acceptors (Lipinski definition) is 7. The van der Waals surface area contributed by atoms with Crippen molar-refractivity contribution in [2.24, 2.45) is 11.7 Å². The minimum absolute atomic E-state index is 0.0275. The summed E-state index contributed by atoms with van der Waals surface area (Å²) in [6.07, 6.45) is -0.559. The van der Waals surface area contributed by atoms with E-state index in [1.807, 2.05) is 24.3 Å². The summed E-state index contributed by atoms with van der Waals surface area (Å²) >= 11 is 3.42. The number of likely N-dealkylation sites (tertiary alicyclic amines) is 2. The maximum atomic E-state index is 14.7. The van der Waals surface area contributed by atoms with Gasteiger partial charge in [0.1, 0.15) is 25.1 Å². The van der Waals surface area contributed by atoms with Crippen LogP contribution in [-0.4, -0.2) is 89.2 Å². The van der Waals surface area contributed by atoms with Crippen molar-refractivity contribution in [3.8, 4) is 0 Å². The Bertz CT molecular complexity index is 1470. The van der Waals surface area contributed by atoms with E-state index in [9.17, 15) is 28.4 Å². The first-order valence-corrected chi connectivity index (χ1v) is 15.0. The molecule has 2 aromatic carbocycles. The number of nitrogens with two attached hydrogens (primary N) is 1. The first-order chi connectivity index (χ1) is 20.6. The number of ketones is 2. The molecule has 0 saturated carbocycles. The second-order valence-corrected chi connectivity index (χ2v) is 12.3. The number of fused-ring (bicyclic) bond motifs is 2. The molecule has 4 heterocycles. The monoisotopic (exact) mass is 654 g/mol. The number of hydrogen-bond donors (Lipinski definition) is 1. The molecular formula is C31H30BrFN3O7. The normalized spacial score (nSPS) is 27.1. The Morgan fingerprint density at radius 1 is 0.977 bits per heavy atom. The van der Waals surface area contributed by atoms with Gasteiger partial charge >= 0.3 is 0 Å². The van der Waals surface area contributed by atoms with E-state index in [1.165, 1.54) is 34.1 Å². The number of rotatable bonds is 8. The summed E-state index contributed by atoms with van der Waals surface area (Å²) < 4.78 is 25.8. The summed E-state index contributed by atoms with van der Waals surface area (Å²) in [7, 11) is 0. The van der Waals surface area contributed by atoms with Crippen LogP contribution in [0.3, 0.4) is 0 Å². The van der Waals surface area contributed by atoms with Crippen molar-refractivity contribution in [2.45, 2.75) is 49.5 Å². The lowest BCUT2D eigenvalue weighted by Crippen LogP contribution is -2.65. The number of amides is 3. The predicted octanol–water partition coefficient (Wildman–Crippen LogP) is 1.56. The average Bonchev–Trinajstić information content (AvgIpc) is 3.75. The summed E-state index contributed by atoms with van der Waals surface area (Å²) in [6, 6.07) is 12.1. The molecule has 12 heteroatoms. The van der Waals surface area contributed by atoms with Gasteiger partial charge in [0.15, 0.2) is 11.6 Å². The molecule has 10 nitrogen and oxygen atoms in total. The minimum Gasteiger partial charge on any atom is -0.368 e. The lowest BCUT2D eigenvalue weighted by atomic mass is 9.79. The number of nitrogens with zero attached hydrogens (tertiary/aromatic N) is 2. The molecule has 0 aliphatic carbocycles. The van der Waals surface area contributed by atoms with E-state index in [4.69, 9.17) is 15.2 Å². The molecule has 225 valence electrons. The van der Waals surface area contributed by atoms with Crippen molar-refractivity contribution in [1.29, 1.82) is 0 Å². The number of ether oxygens (including phenoxy) is 2. The van der Waals surface area contributed by atoms with Gasteiger partial charge in [0, 0.05) is 17.6 Å². The quantitative estimate of drug-likeness (QED) is 0.427. The predicted molar refractivity (Wildman–Crippen MR) is 153 cm³/mol. The van der Waals surface area contributed by atoms with E-state index in [-0.39, 0.29) is 57.3 Å². The minimum atomic E-state index is -1.97. The van der Waals surface area contributed by atoms with Crippen LogP contribution in [-0.2, 0) is 46.3 Å². The second kappa shape index (κ2) is 11.5. The van der Waals surface area contributed by atoms with Gasteiger partial charge in [0.2, 0.25) is 17.4 Å². The molecule has 1 radical (unpaired) electrons. The Kier molecular flexibility index (Phi) is 7.95. The van der Waals surface area contributed by atoms with Gasteiger partial charge < -0.3 is 25.0 Å². The topological polar surface area (TPSA) is 136 Å². The molecule has 0 spiro atoms. The first kappa shape index (κ1) is 29.6. The van der Waals surface area contributed by atoms with Gasteiger partial charge in [0.05, 0.1) is 24.0 Å². The van der Waals surface area contributed by atoms with E-state index in [1.54, 1.807) is 0 Å². The van der Waals surface area contributed by atoms with Crippen LogP contribution >= 0.6 is 15.9 Å². The largest absolute Gasteiger partial charge is 0.368 e. The van der Waals surface area contributed by atoms with E-state index in [2.05, 4.69) is 15.9 Å². The van der Waals surface area contributed by atoms with Gasteiger partial charge in [-0.25, -0.2) is 4.39 Å². The van der Waals surface area contributed by atoms with Crippen LogP contribution < -0.4 is 5.73 Å². The van der Waals surface area contributed by atoms with E-state index in [0.717, 1.165) is 10.0 Å². The Morgan fingerprint density at radius 3 is 2.37 bits per heavy atom. The van der Waals surface area contributed by atoms with Gasteiger partial charge in [-0.05, 0) is 61.1 Å². The van der Waals surface area contributed by atoms with Crippen molar-refractivity contribution in [2.75, 3.05) is 26.3 Å².